The molecule has 1 aromatic rings. The second-order valence-corrected chi connectivity index (χ2v) is 7.43. The summed E-state index contributed by atoms with van der Waals surface area (Å²) in [6.07, 6.45) is 5.83. The van der Waals surface area contributed by atoms with E-state index in [1.165, 1.54) is 24.8 Å². The Hall–Kier alpha value is -0.620. The van der Waals surface area contributed by atoms with Gasteiger partial charge < -0.3 is 15.4 Å². The monoisotopic (exact) mass is 338 g/mol. The fraction of sp³-hybridized carbons (Fsp3) is 0.667. The van der Waals surface area contributed by atoms with Gasteiger partial charge in [-0.25, -0.2) is 4.39 Å². The van der Waals surface area contributed by atoms with Crippen molar-refractivity contribution in [3.63, 3.8) is 0 Å². The van der Waals surface area contributed by atoms with E-state index in [2.05, 4.69) is 16.9 Å². The molecule has 3 rings (SSSR count). The number of hydrogen-bond donors (Lipinski definition) is 2. The third-order valence-electron chi connectivity index (χ3n) is 5.06. The summed E-state index contributed by atoms with van der Waals surface area (Å²) in [5.74, 6) is 1.36. The molecule has 0 radical (unpaired) electrons. The van der Waals surface area contributed by atoms with Gasteiger partial charge in [0, 0.05) is 30.9 Å². The van der Waals surface area contributed by atoms with Crippen molar-refractivity contribution in [3.8, 4) is 0 Å². The quantitative estimate of drug-likeness (QED) is 0.836. The summed E-state index contributed by atoms with van der Waals surface area (Å²) in [5.41, 5.74) is 2.33. The van der Waals surface area contributed by atoms with E-state index in [0.29, 0.717) is 18.0 Å². The third-order valence-corrected chi connectivity index (χ3v) is 5.66. The highest BCUT2D eigenvalue weighted by molar-refractivity contribution is 7.97. The maximum Gasteiger partial charge on any atom is 0.123 e. The van der Waals surface area contributed by atoms with Crippen LogP contribution < -0.4 is 10.6 Å². The summed E-state index contributed by atoms with van der Waals surface area (Å²) in [4.78, 5) is 0. The van der Waals surface area contributed by atoms with Crippen LogP contribution in [0.2, 0.25) is 0 Å². The van der Waals surface area contributed by atoms with E-state index < -0.39 is 0 Å². The molecule has 1 saturated heterocycles. The molecule has 3 atom stereocenters. The number of hydrogen-bond acceptors (Lipinski definition) is 4. The minimum absolute atomic E-state index is 0.139. The van der Waals surface area contributed by atoms with E-state index in [1.807, 2.05) is 6.07 Å². The molecule has 128 valence electrons. The van der Waals surface area contributed by atoms with Crippen molar-refractivity contribution >= 4 is 11.8 Å². The maximum absolute atomic E-state index is 13.5. The summed E-state index contributed by atoms with van der Waals surface area (Å²) in [5, 5.41) is 7.35. The van der Waals surface area contributed by atoms with Gasteiger partial charge in [0.2, 0.25) is 0 Å². The van der Waals surface area contributed by atoms with Gasteiger partial charge in [-0.15, -0.1) is 0 Å². The number of halogens is 1. The summed E-state index contributed by atoms with van der Waals surface area (Å²) in [7, 11) is 0. The first kappa shape index (κ1) is 17.2. The number of rotatable bonds is 6. The van der Waals surface area contributed by atoms with Crippen molar-refractivity contribution in [1.82, 2.24) is 10.6 Å². The van der Waals surface area contributed by atoms with Crippen LogP contribution in [-0.4, -0.2) is 38.1 Å². The summed E-state index contributed by atoms with van der Waals surface area (Å²) in [6.45, 7) is 3.45. The molecule has 23 heavy (non-hydrogen) atoms. The molecule has 1 aliphatic heterocycles. The van der Waals surface area contributed by atoms with Gasteiger partial charge in [-0.1, -0.05) is 12.5 Å². The average Bonchev–Trinajstić information content (AvgIpc) is 3.04. The van der Waals surface area contributed by atoms with Crippen molar-refractivity contribution < 1.29 is 9.13 Å². The van der Waals surface area contributed by atoms with Crippen LogP contribution in [0.5, 0.6) is 0 Å². The molecule has 3 unspecified atom stereocenters. The zero-order chi connectivity index (χ0) is 16.1. The zero-order valence-corrected chi connectivity index (χ0v) is 14.6. The first-order chi connectivity index (χ1) is 11.3. The number of ether oxygens (including phenoxy) is 1. The number of thioether (sulfide) groups is 1. The minimum atomic E-state index is -0.139. The van der Waals surface area contributed by atoms with E-state index in [9.17, 15) is 4.39 Å². The Balaban J connectivity index is 1.60. The van der Waals surface area contributed by atoms with E-state index in [1.54, 1.807) is 23.9 Å². The molecular formula is C18H27FN2OS. The van der Waals surface area contributed by atoms with Crippen molar-refractivity contribution in [2.75, 3.05) is 26.0 Å². The molecule has 1 heterocycles. The molecule has 1 aliphatic carbocycles. The van der Waals surface area contributed by atoms with Crippen molar-refractivity contribution in [2.45, 2.75) is 43.6 Å². The van der Waals surface area contributed by atoms with Crippen LogP contribution in [0, 0.1) is 11.7 Å². The van der Waals surface area contributed by atoms with Crippen LogP contribution in [0.4, 0.5) is 4.39 Å². The lowest BCUT2D eigenvalue weighted by atomic mass is 9.93. The summed E-state index contributed by atoms with van der Waals surface area (Å²) in [6, 6.07) is 6.18. The van der Waals surface area contributed by atoms with Gasteiger partial charge in [-0.3, -0.25) is 0 Å². The normalized spacial score (nSPS) is 28.2. The molecular weight excluding hydrogens is 311 g/mol. The fourth-order valence-electron chi connectivity index (χ4n) is 3.88. The second kappa shape index (κ2) is 8.47. The van der Waals surface area contributed by atoms with Gasteiger partial charge in [-0.2, -0.15) is 11.8 Å². The smallest absolute Gasteiger partial charge is 0.123 e. The average molecular weight is 338 g/mol. The van der Waals surface area contributed by atoms with Crippen LogP contribution in [0.3, 0.4) is 0 Å². The Kier molecular flexibility index (Phi) is 6.34. The van der Waals surface area contributed by atoms with Gasteiger partial charge in [0.15, 0.2) is 0 Å². The fourth-order valence-corrected chi connectivity index (χ4v) is 4.46. The molecule has 0 bridgehead atoms. The third kappa shape index (κ3) is 4.47. The Morgan fingerprint density at radius 1 is 1.35 bits per heavy atom. The topological polar surface area (TPSA) is 33.3 Å². The number of benzene rings is 1. The van der Waals surface area contributed by atoms with Gasteiger partial charge in [-0.05, 0) is 48.3 Å². The van der Waals surface area contributed by atoms with Crippen LogP contribution in [-0.2, 0) is 17.0 Å². The van der Waals surface area contributed by atoms with Crippen LogP contribution in [0.25, 0.3) is 0 Å². The standard InChI is InChI=1S/C18H27FN2OS/c1-23-12-14-9-15(19)6-5-13(14)10-21-17-4-2-3-16(17)18-11-22-8-7-20-18/h5-6,9,16-18,20-21H,2-4,7-8,10-12H2,1H3. The van der Waals surface area contributed by atoms with E-state index in [-0.39, 0.29) is 5.82 Å². The van der Waals surface area contributed by atoms with Crippen molar-refractivity contribution in [1.29, 1.82) is 0 Å². The van der Waals surface area contributed by atoms with E-state index in [0.717, 1.165) is 37.6 Å². The molecule has 0 spiro atoms. The molecule has 2 fully saturated rings. The molecule has 2 aliphatic rings. The Labute approximate surface area is 142 Å². The van der Waals surface area contributed by atoms with Gasteiger partial charge in [0.1, 0.15) is 5.82 Å². The van der Waals surface area contributed by atoms with Crippen molar-refractivity contribution in [3.05, 3.63) is 35.1 Å². The number of morpholine rings is 1. The summed E-state index contributed by atoms with van der Waals surface area (Å²) >= 11 is 1.74. The summed E-state index contributed by atoms with van der Waals surface area (Å²) < 4.78 is 19.1. The Morgan fingerprint density at radius 3 is 3.04 bits per heavy atom. The highest BCUT2D eigenvalue weighted by Gasteiger charge is 2.34. The van der Waals surface area contributed by atoms with E-state index >= 15 is 0 Å². The molecule has 3 nitrogen and oxygen atoms in total. The first-order valence-corrected chi connectivity index (χ1v) is 9.98. The maximum atomic E-state index is 13.5. The first-order valence-electron chi connectivity index (χ1n) is 8.58. The lowest BCUT2D eigenvalue weighted by molar-refractivity contribution is 0.0524. The highest BCUT2D eigenvalue weighted by atomic mass is 32.2. The van der Waals surface area contributed by atoms with Gasteiger partial charge >= 0.3 is 0 Å². The van der Waals surface area contributed by atoms with Gasteiger partial charge in [0.05, 0.1) is 13.2 Å². The SMILES string of the molecule is CSCc1cc(F)ccc1CNC1CCCC1C1COCCN1. The molecule has 2 N–H and O–H groups in total. The zero-order valence-electron chi connectivity index (χ0n) is 13.8. The van der Waals surface area contributed by atoms with Crippen LogP contribution >= 0.6 is 11.8 Å². The molecule has 1 saturated carbocycles. The lowest BCUT2D eigenvalue weighted by Crippen LogP contribution is -2.50. The molecule has 1 aromatic carbocycles. The molecule has 0 aromatic heterocycles. The largest absolute Gasteiger partial charge is 0.379 e. The van der Waals surface area contributed by atoms with Crippen molar-refractivity contribution in [2.24, 2.45) is 5.92 Å². The lowest BCUT2D eigenvalue weighted by Gasteiger charge is -2.33. The second-order valence-electron chi connectivity index (χ2n) is 6.56. The van der Waals surface area contributed by atoms with Crippen LogP contribution in [0.15, 0.2) is 18.2 Å². The Bertz CT molecular complexity index is 508. The minimum Gasteiger partial charge on any atom is -0.379 e. The number of nitrogens with one attached hydrogen (secondary N) is 2. The molecule has 0 amide bonds. The highest BCUT2D eigenvalue weighted by Crippen LogP contribution is 2.30. The van der Waals surface area contributed by atoms with Gasteiger partial charge in [0.25, 0.3) is 0 Å². The Morgan fingerprint density at radius 2 is 2.26 bits per heavy atom. The van der Waals surface area contributed by atoms with Crippen LogP contribution in [0.1, 0.15) is 30.4 Å². The predicted octanol–water partition coefficient (Wildman–Crippen LogP) is 2.94. The predicted molar refractivity (Wildman–Crippen MR) is 94.2 cm³/mol. The molecule has 5 heteroatoms. The van der Waals surface area contributed by atoms with E-state index in [4.69, 9.17) is 4.74 Å².